The second-order valence-electron chi connectivity index (χ2n) is 11.5. The summed E-state index contributed by atoms with van der Waals surface area (Å²) in [6.07, 6.45) is 8.88. The summed E-state index contributed by atoms with van der Waals surface area (Å²) in [7, 11) is 0. The third-order valence-corrected chi connectivity index (χ3v) is 8.27. The van der Waals surface area contributed by atoms with Crippen LogP contribution in [0.3, 0.4) is 0 Å². The highest BCUT2D eigenvalue weighted by molar-refractivity contribution is 5.95. The average molecular weight is 556 g/mol. The standard InChI is InChI=1S/C31H34FN7O2/c1-20-26-8-7-23(31(40)37-17-24(32)14-25(33)18-37)16-39(26)35-29(20)27-13-22-3-2-4-28(30(22)38(27)15-21-5-6-21)41-12-11-36-10-9-34-19-36/h2-4,7-10,13,16,19,21,24-25H,5-6,11-12,14-15,17-18,33H2,1H3/t24-,25-/m1/s1. The highest BCUT2D eigenvalue weighted by atomic mass is 19.1. The van der Waals surface area contributed by atoms with Crippen molar-refractivity contribution in [3.05, 3.63) is 72.4 Å². The molecule has 5 heterocycles. The summed E-state index contributed by atoms with van der Waals surface area (Å²) >= 11 is 0. The number of nitrogens with zero attached hydrogens (tertiary/aromatic N) is 6. The van der Waals surface area contributed by atoms with E-state index in [0.29, 0.717) is 31.2 Å². The van der Waals surface area contributed by atoms with Gasteiger partial charge in [0.15, 0.2) is 0 Å². The van der Waals surface area contributed by atoms with Crippen molar-refractivity contribution in [2.45, 2.75) is 51.5 Å². The lowest BCUT2D eigenvalue weighted by Gasteiger charge is -2.32. The molecule has 2 atom stereocenters. The number of fused-ring (bicyclic) bond motifs is 2. The van der Waals surface area contributed by atoms with E-state index < -0.39 is 6.17 Å². The average Bonchev–Trinajstić information content (AvgIpc) is 3.33. The van der Waals surface area contributed by atoms with E-state index >= 15 is 0 Å². The highest BCUT2D eigenvalue weighted by Crippen LogP contribution is 2.39. The van der Waals surface area contributed by atoms with Gasteiger partial charge >= 0.3 is 0 Å². The third-order valence-electron chi connectivity index (χ3n) is 8.27. The molecule has 2 fully saturated rings. The quantitative estimate of drug-likeness (QED) is 0.305. The number of ether oxygens (including phenoxy) is 1. The Balaban J connectivity index is 1.24. The highest BCUT2D eigenvalue weighted by Gasteiger charge is 2.30. The lowest BCUT2D eigenvalue weighted by atomic mass is 10.0. The largest absolute Gasteiger partial charge is 0.490 e. The predicted molar refractivity (Wildman–Crippen MR) is 155 cm³/mol. The maximum absolute atomic E-state index is 14.1. The van der Waals surface area contributed by atoms with Crippen LogP contribution in [0.4, 0.5) is 4.39 Å². The number of benzene rings is 1. The number of alkyl halides is 1. The number of hydrogen-bond acceptors (Lipinski definition) is 5. The molecule has 1 aliphatic carbocycles. The van der Waals surface area contributed by atoms with Crippen LogP contribution in [0.1, 0.15) is 35.2 Å². The molecule has 5 aromatic rings. The van der Waals surface area contributed by atoms with Crippen molar-refractivity contribution in [3.8, 4) is 17.1 Å². The summed E-state index contributed by atoms with van der Waals surface area (Å²) in [6, 6.07) is 11.8. The van der Waals surface area contributed by atoms with Crippen LogP contribution in [0.2, 0.25) is 0 Å². The molecule has 0 unspecified atom stereocenters. The number of amides is 1. The number of halogens is 1. The number of carbonyl (C=O) groups excluding carboxylic acids is 1. The molecule has 9 nitrogen and oxygen atoms in total. The first-order valence-corrected chi connectivity index (χ1v) is 14.3. The number of pyridine rings is 1. The van der Waals surface area contributed by atoms with Crippen molar-refractivity contribution < 1.29 is 13.9 Å². The van der Waals surface area contributed by atoms with E-state index in [4.69, 9.17) is 15.6 Å². The zero-order valence-corrected chi connectivity index (χ0v) is 23.1. The van der Waals surface area contributed by atoms with Gasteiger partial charge in [0.25, 0.3) is 5.91 Å². The first-order chi connectivity index (χ1) is 19.9. The topological polar surface area (TPSA) is 95.6 Å². The third kappa shape index (κ3) is 4.97. The number of likely N-dealkylation sites (tertiary alicyclic amines) is 1. The smallest absolute Gasteiger partial charge is 0.255 e. The Morgan fingerprint density at radius 3 is 2.85 bits per heavy atom. The van der Waals surface area contributed by atoms with Crippen molar-refractivity contribution in [2.24, 2.45) is 11.7 Å². The van der Waals surface area contributed by atoms with Crippen LogP contribution in [0.5, 0.6) is 5.75 Å². The molecule has 1 aliphatic heterocycles. The lowest BCUT2D eigenvalue weighted by molar-refractivity contribution is 0.0606. The number of hydrogen-bond donors (Lipinski definition) is 1. The molecule has 41 heavy (non-hydrogen) atoms. The molecule has 2 aliphatic rings. The molecule has 0 bridgehead atoms. The Morgan fingerprint density at radius 2 is 2.07 bits per heavy atom. The van der Waals surface area contributed by atoms with E-state index in [9.17, 15) is 9.18 Å². The Hall–Kier alpha value is -4.18. The number of aromatic nitrogens is 5. The van der Waals surface area contributed by atoms with Crippen molar-refractivity contribution in [2.75, 3.05) is 19.7 Å². The minimum Gasteiger partial charge on any atom is -0.490 e. The number of piperidine rings is 1. The van der Waals surface area contributed by atoms with Gasteiger partial charge in [0, 0.05) is 48.7 Å². The van der Waals surface area contributed by atoms with Crippen molar-refractivity contribution >= 4 is 22.3 Å². The molecule has 1 saturated carbocycles. The Bertz CT molecular complexity index is 1710. The Morgan fingerprint density at radius 1 is 1.20 bits per heavy atom. The number of carbonyl (C=O) groups is 1. The van der Waals surface area contributed by atoms with Gasteiger partial charge in [-0.25, -0.2) is 13.9 Å². The maximum Gasteiger partial charge on any atom is 0.255 e. The number of imidazole rings is 1. The first kappa shape index (κ1) is 25.8. The summed E-state index contributed by atoms with van der Waals surface area (Å²) in [6.45, 7) is 4.65. The van der Waals surface area contributed by atoms with E-state index in [1.54, 1.807) is 29.3 Å². The molecule has 10 heteroatoms. The van der Waals surface area contributed by atoms with Crippen LogP contribution >= 0.6 is 0 Å². The monoisotopic (exact) mass is 555 g/mol. The van der Waals surface area contributed by atoms with Crippen LogP contribution in [0.15, 0.2) is 61.3 Å². The van der Waals surface area contributed by atoms with Crippen molar-refractivity contribution in [1.29, 1.82) is 0 Å². The molecule has 1 saturated heterocycles. The van der Waals surface area contributed by atoms with E-state index in [-0.39, 0.29) is 24.9 Å². The van der Waals surface area contributed by atoms with Gasteiger partial charge in [0.2, 0.25) is 0 Å². The van der Waals surface area contributed by atoms with E-state index in [0.717, 1.165) is 45.7 Å². The molecule has 2 N–H and O–H groups in total. The Kier molecular flexibility index (Phi) is 6.50. The molecular formula is C31H34FN7O2. The molecule has 0 spiro atoms. The maximum atomic E-state index is 14.1. The van der Waals surface area contributed by atoms with Crippen molar-refractivity contribution in [3.63, 3.8) is 0 Å². The van der Waals surface area contributed by atoms with Gasteiger partial charge in [-0.05, 0) is 56.4 Å². The summed E-state index contributed by atoms with van der Waals surface area (Å²) < 4.78 is 26.6. The number of aryl methyl sites for hydroxylation is 1. The van der Waals surface area contributed by atoms with Gasteiger partial charge in [-0.15, -0.1) is 0 Å². The Labute approximate surface area is 237 Å². The van der Waals surface area contributed by atoms with Gasteiger partial charge in [0.1, 0.15) is 24.2 Å². The predicted octanol–water partition coefficient (Wildman–Crippen LogP) is 4.46. The zero-order chi connectivity index (χ0) is 28.1. The molecule has 0 radical (unpaired) electrons. The number of rotatable bonds is 8. The summed E-state index contributed by atoms with van der Waals surface area (Å²) in [5, 5.41) is 6.09. The minimum absolute atomic E-state index is 0.0714. The molecule has 1 aromatic carbocycles. The van der Waals surface area contributed by atoms with E-state index in [1.807, 2.05) is 29.0 Å². The van der Waals surface area contributed by atoms with Gasteiger partial charge in [-0.1, -0.05) is 12.1 Å². The van der Waals surface area contributed by atoms with Crippen LogP contribution < -0.4 is 10.5 Å². The summed E-state index contributed by atoms with van der Waals surface area (Å²) in [5.74, 6) is 1.27. The van der Waals surface area contributed by atoms with Crippen LogP contribution in [0, 0.1) is 12.8 Å². The van der Waals surface area contributed by atoms with Gasteiger partial charge < -0.3 is 24.5 Å². The number of nitrogens with two attached hydrogens (primary N) is 1. The minimum atomic E-state index is -1.10. The fourth-order valence-corrected chi connectivity index (χ4v) is 6.00. The van der Waals surface area contributed by atoms with Crippen molar-refractivity contribution in [1.82, 2.24) is 28.6 Å². The number of para-hydroxylation sites is 1. The SMILES string of the molecule is Cc1c(-c2cc3cccc(OCCn4ccnc4)c3n2CC2CC2)nn2cc(C(=O)N3C[C@H](N)C[C@@H](F)C3)ccc12. The van der Waals surface area contributed by atoms with Crippen LogP contribution in [0.25, 0.3) is 27.8 Å². The summed E-state index contributed by atoms with van der Waals surface area (Å²) in [5.41, 5.74) is 11.4. The fourth-order valence-electron chi connectivity index (χ4n) is 6.00. The fraction of sp³-hybridized carbons (Fsp3) is 0.387. The van der Waals surface area contributed by atoms with Crippen LogP contribution in [-0.2, 0) is 13.1 Å². The molecule has 1 amide bonds. The van der Waals surface area contributed by atoms with Gasteiger partial charge in [-0.3, -0.25) is 4.79 Å². The molecule has 7 rings (SSSR count). The molecule has 4 aromatic heterocycles. The van der Waals surface area contributed by atoms with Gasteiger partial charge in [-0.2, -0.15) is 5.10 Å². The first-order valence-electron chi connectivity index (χ1n) is 14.3. The molecule has 212 valence electrons. The normalized spacial score (nSPS) is 19.3. The molecular weight excluding hydrogens is 521 g/mol. The second kappa shape index (κ2) is 10.3. The van der Waals surface area contributed by atoms with Gasteiger partial charge in [0.05, 0.1) is 41.7 Å². The van der Waals surface area contributed by atoms with E-state index in [2.05, 4.69) is 28.6 Å². The summed E-state index contributed by atoms with van der Waals surface area (Å²) in [4.78, 5) is 18.9. The van der Waals surface area contributed by atoms with E-state index in [1.165, 1.54) is 17.7 Å². The van der Waals surface area contributed by atoms with Crippen LogP contribution in [-0.4, -0.2) is 66.4 Å². The second-order valence-corrected chi connectivity index (χ2v) is 11.5. The lowest BCUT2D eigenvalue weighted by Crippen LogP contribution is -2.50. The zero-order valence-electron chi connectivity index (χ0n) is 23.1.